The van der Waals surface area contributed by atoms with Crippen LogP contribution in [0.15, 0.2) is 11.4 Å². The molecule has 1 aromatic rings. The second kappa shape index (κ2) is 6.17. The fourth-order valence-corrected chi connectivity index (χ4v) is 2.32. The lowest BCUT2D eigenvalue weighted by Gasteiger charge is -2.15. The van der Waals surface area contributed by atoms with Crippen LogP contribution in [0.3, 0.4) is 0 Å². The Kier molecular flexibility index (Phi) is 5.15. The van der Waals surface area contributed by atoms with Crippen molar-refractivity contribution < 1.29 is 4.74 Å². The normalized spacial score (nSPS) is 13.1. The quantitative estimate of drug-likeness (QED) is 0.737. The van der Waals surface area contributed by atoms with Gasteiger partial charge in [-0.3, -0.25) is 0 Å². The summed E-state index contributed by atoms with van der Waals surface area (Å²) < 4.78 is 5.74. The monoisotopic (exact) mass is 213 g/mol. The van der Waals surface area contributed by atoms with E-state index in [9.17, 15) is 0 Å². The van der Waals surface area contributed by atoms with Crippen LogP contribution in [-0.4, -0.2) is 13.2 Å². The van der Waals surface area contributed by atoms with E-state index in [1.807, 2.05) is 0 Å². The summed E-state index contributed by atoms with van der Waals surface area (Å²) in [5, 5.41) is 2.09. The third-order valence-corrected chi connectivity index (χ3v) is 3.34. The molecular weight excluding hydrogens is 194 g/mol. The number of unbranched alkanes of at least 4 members (excludes halogenated alkanes) is 1. The zero-order valence-corrected chi connectivity index (χ0v) is 9.77. The van der Waals surface area contributed by atoms with E-state index in [0.717, 1.165) is 13.0 Å². The van der Waals surface area contributed by atoms with Gasteiger partial charge < -0.3 is 10.5 Å². The van der Waals surface area contributed by atoms with Gasteiger partial charge in [0, 0.05) is 18.0 Å². The van der Waals surface area contributed by atoms with Gasteiger partial charge in [0.05, 0.1) is 0 Å². The molecule has 1 unspecified atom stereocenters. The molecule has 80 valence electrons. The molecule has 14 heavy (non-hydrogen) atoms. The number of aryl methyl sites for hydroxylation is 1. The fourth-order valence-electron chi connectivity index (χ4n) is 1.33. The van der Waals surface area contributed by atoms with Crippen LogP contribution >= 0.6 is 11.3 Å². The summed E-state index contributed by atoms with van der Waals surface area (Å²) in [6.45, 7) is 5.66. The molecule has 0 bridgehead atoms. The number of rotatable bonds is 6. The van der Waals surface area contributed by atoms with E-state index in [0.29, 0.717) is 6.54 Å². The van der Waals surface area contributed by atoms with Gasteiger partial charge in [-0.1, -0.05) is 13.3 Å². The maximum Gasteiger partial charge on any atom is 0.104 e. The van der Waals surface area contributed by atoms with Crippen LogP contribution in [0.25, 0.3) is 0 Å². The molecule has 0 saturated carbocycles. The molecule has 0 aliphatic rings. The number of hydrogen-bond donors (Lipinski definition) is 1. The van der Waals surface area contributed by atoms with Gasteiger partial charge >= 0.3 is 0 Å². The molecule has 1 heterocycles. The first kappa shape index (κ1) is 11.7. The first-order chi connectivity index (χ1) is 6.79. The van der Waals surface area contributed by atoms with Gasteiger partial charge in [-0.05, 0) is 30.4 Å². The summed E-state index contributed by atoms with van der Waals surface area (Å²) >= 11 is 1.74. The van der Waals surface area contributed by atoms with Crippen molar-refractivity contribution in [1.82, 2.24) is 0 Å². The first-order valence-corrected chi connectivity index (χ1v) is 6.03. The molecule has 1 rings (SSSR count). The lowest BCUT2D eigenvalue weighted by Crippen LogP contribution is -2.16. The molecule has 0 aromatic carbocycles. The van der Waals surface area contributed by atoms with Crippen molar-refractivity contribution in [3.05, 3.63) is 21.9 Å². The zero-order chi connectivity index (χ0) is 10.4. The number of thiophene rings is 1. The average Bonchev–Trinajstić information content (AvgIpc) is 2.60. The summed E-state index contributed by atoms with van der Waals surface area (Å²) in [6, 6.07) is 2.12. The van der Waals surface area contributed by atoms with Crippen LogP contribution in [0, 0.1) is 6.92 Å². The van der Waals surface area contributed by atoms with Crippen molar-refractivity contribution >= 4 is 11.3 Å². The van der Waals surface area contributed by atoms with Crippen LogP contribution < -0.4 is 5.73 Å². The molecule has 2 nitrogen and oxygen atoms in total. The Labute approximate surface area is 90.1 Å². The standard InChI is InChI=1S/C11H19NOS/c1-3-4-6-13-10(8-12)11-9(2)5-7-14-11/h5,7,10H,3-4,6,8,12H2,1-2H3. The minimum atomic E-state index is 0.0987. The Morgan fingerprint density at radius 3 is 2.86 bits per heavy atom. The highest BCUT2D eigenvalue weighted by Crippen LogP contribution is 2.25. The largest absolute Gasteiger partial charge is 0.371 e. The Morgan fingerprint density at radius 2 is 2.36 bits per heavy atom. The number of ether oxygens (including phenoxy) is 1. The molecule has 0 amide bonds. The van der Waals surface area contributed by atoms with E-state index in [4.69, 9.17) is 10.5 Å². The van der Waals surface area contributed by atoms with Crippen molar-refractivity contribution in [3.8, 4) is 0 Å². The number of hydrogen-bond acceptors (Lipinski definition) is 3. The summed E-state index contributed by atoms with van der Waals surface area (Å²) in [6.07, 6.45) is 2.38. The van der Waals surface area contributed by atoms with Gasteiger partial charge in [0.15, 0.2) is 0 Å². The van der Waals surface area contributed by atoms with E-state index < -0.39 is 0 Å². The maximum absolute atomic E-state index is 5.74. The maximum atomic E-state index is 5.74. The molecule has 1 aromatic heterocycles. The van der Waals surface area contributed by atoms with Crippen molar-refractivity contribution in [3.63, 3.8) is 0 Å². The zero-order valence-electron chi connectivity index (χ0n) is 8.95. The third kappa shape index (κ3) is 3.08. The fraction of sp³-hybridized carbons (Fsp3) is 0.636. The third-order valence-electron chi connectivity index (χ3n) is 2.23. The van der Waals surface area contributed by atoms with E-state index in [-0.39, 0.29) is 6.10 Å². The Morgan fingerprint density at radius 1 is 1.57 bits per heavy atom. The van der Waals surface area contributed by atoms with Crippen molar-refractivity contribution in [2.75, 3.05) is 13.2 Å². The van der Waals surface area contributed by atoms with Gasteiger partial charge in [0.2, 0.25) is 0 Å². The molecule has 0 radical (unpaired) electrons. The summed E-state index contributed by atoms with van der Waals surface area (Å²) in [5.41, 5.74) is 6.99. The topological polar surface area (TPSA) is 35.2 Å². The first-order valence-electron chi connectivity index (χ1n) is 5.15. The highest BCUT2D eigenvalue weighted by molar-refractivity contribution is 7.10. The van der Waals surface area contributed by atoms with E-state index in [1.54, 1.807) is 11.3 Å². The lowest BCUT2D eigenvalue weighted by molar-refractivity contribution is 0.0586. The summed E-state index contributed by atoms with van der Waals surface area (Å²) in [5.74, 6) is 0. The van der Waals surface area contributed by atoms with Gasteiger partial charge in [-0.2, -0.15) is 0 Å². The smallest absolute Gasteiger partial charge is 0.104 e. The van der Waals surface area contributed by atoms with Gasteiger partial charge in [0.25, 0.3) is 0 Å². The molecule has 3 heteroatoms. The van der Waals surface area contributed by atoms with Gasteiger partial charge in [-0.25, -0.2) is 0 Å². The molecule has 2 N–H and O–H groups in total. The Balaban J connectivity index is 2.50. The SMILES string of the molecule is CCCCOC(CN)c1sccc1C. The van der Waals surface area contributed by atoms with Crippen LogP contribution in [0.2, 0.25) is 0 Å². The van der Waals surface area contributed by atoms with Gasteiger partial charge in [-0.15, -0.1) is 11.3 Å². The molecular formula is C11H19NOS. The minimum Gasteiger partial charge on any atom is -0.371 e. The molecule has 0 saturated heterocycles. The van der Waals surface area contributed by atoms with E-state index >= 15 is 0 Å². The van der Waals surface area contributed by atoms with Crippen molar-refractivity contribution in [2.45, 2.75) is 32.8 Å². The van der Waals surface area contributed by atoms with Crippen LogP contribution in [0.4, 0.5) is 0 Å². The van der Waals surface area contributed by atoms with Crippen LogP contribution in [0.1, 0.15) is 36.3 Å². The second-order valence-electron chi connectivity index (χ2n) is 3.42. The van der Waals surface area contributed by atoms with E-state index in [2.05, 4.69) is 25.3 Å². The lowest BCUT2D eigenvalue weighted by atomic mass is 10.2. The highest BCUT2D eigenvalue weighted by atomic mass is 32.1. The molecule has 0 aliphatic carbocycles. The highest BCUT2D eigenvalue weighted by Gasteiger charge is 2.13. The molecule has 0 fully saturated rings. The predicted molar refractivity (Wildman–Crippen MR) is 61.7 cm³/mol. The Bertz CT molecular complexity index is 260. The Hall–Kier alpha value is -0.380. The molecule has 0 aliphatic heterocycles. The second-order valence-corrected chi connectivity index (χ2v) is 4.36. The van der Waals surface area contributed by atoms with Crippen molar-refractivity contribution in [1.29, 1.82) is 0 Å². The molecule has 1 atom stereocenters. The number of nitrogens with two attached hydrogens (primary N) is 1. The predicted octanol–water partition coefficient (Wildman–Crippen LogP) is 2.87. The molecule has 0 spiro atoms. The van der Waals surface area contributed by atoms with Crippen molar-refractivity contribution in [2.24, 2.45) is 5.73 Å². The van der Waals surface area contributed by atoms with Crippen LogP contribution in [-0.2, 0) is 4.74 Å². The van der Waals surface area contributed by atoms with Crippen LogP contribution in [0.5, 0.6) is 0 Å². The summed E-state index contributed by atoms with van der Waals surface area (Å²) in [4.78, 5) is 1.28. The average molecular weight is 213 g/mol. The van der Waals surface area contributed by atoms with E-state index in [1.165, 1.54) is 16.9 Å². The van der Waals surface area contributed by atoms with Gasteiger partial charge in [0.1, 0.15) is 6.10 Å². The summed E-state index contributed by atoms with van der Waals surface area (Å²) in [7, 11) is 0. The minimum absolute atomic E-state index is 0.0987.